The van der Waals surface area contributed by atoms with Crippen LogP contribution in [-0.4, -0.2) is 36.9 Å². The van der Waals surface area contributed by atoms with Crippen LogP contribution in [0.4, 0.5) is 0 Å². The van der Waals surface area contributed by atoms with E-state index in [-0.39, 0.29) is 23.3 Å². The summed E-state index contributed by atoms with van der Waals surface area (Å²) in [4.78, 5) is 12.3. The molecular formula is C15H24N2O3S. The fraction of sp³-hybridized carbons (Fsp3) is 0.667. The van der Waals surface area contributed by atoms with E-state index in [2.05, 4.69) is 23.7 Å². The number of rotatable bonds is 4. The van der Waals surface area contributed by atoms with Gasteiger partial charge in [-0.2, -0.15) is 0 Å². The van der Waals surface area contributed by atoms with Crippen LogP contribution in [0.2, 0.25) is 0 Å². The predicted molar refractivity (Wildman–Crippen MR) is 83.4 cm³/mol. The summed E-state index contributed by atoms with van der Waals surface area (Å²) >= 11 is 0. The number of amides is 1. The van der Waals surface area contributed by atoms with Gasteiger partial charge in [0, 0.05) is 24.0 Å². The molecule has 118 valence electrons. The molecule has 0 aromatic carbocycles. The third kappa shape index (κ3) is 3.48. The van der Waals surface area contributed by atoms with Gasteiger partial charge in [0.05, 0.1) is 17.1 Å². The monoisotopic (exact) mass is 312 g/mol. The van der Waals surface area contributed by atoms with Crippen LogP contribution in [0.5, 0.6) is 0 Å². The first kappa shape index (κ1) is 16.1. The first-order valence-corrected chi connectivity index (χ1v) is 9.20. The molecule has 2 rings (SSSR count). The van der Waals surface area contributed by atoms with Gasteiger partial charge in [0.1, 0.15) is 0 Å². The van der Waals surface area contributed by atoms with Gasteiger partial charge in [-0.25, -0.2) is 8.42 Å². The number of nitrogens with one attached hydrogen (secondary N) is 1. The average molecular weight is 312 g/mol. The lowest BCUT2D eigenvalue weighted by atomic mass is 10.1. The van der Waals surface area contributed by atoms with Crippen molar-refractivity contribution in [3.63, 3.8) is 0 Å². The van der Waals surface area contributed by atoms with Crippen LogP contribution in [0.1, 0.15) is 48.1 Å². The lowest BCUT2D eigenvalue weighted by molar-refractivity contribution is 0.0947. The number of hydrogen-bond donors (Lipinski definition) is 1. The van der Waals surface area contributed by atoms with Crippen molar-refractivity contribution in [2.75, 3.05) is 18.1 Å². The third-order valence-corrected chi connectivity index (χ3v) is 5.96. The minimum absolute atomic E-state index is 0.0486. The Kier molecular flexibility index (Phi) is 4.46. The summed E-state index contributed by atoms with van der Waals surface area (Å²) in [6.45, 7) is 8.55. The summed E-state index contributed by atoms with van der Waals surface area (Å²) in [6, 6.07) is 2.21. The van der Waals surface area contributed by atoms with Gasteiger partial charge >= 0.3 is 0 Å². The lowest BCUT2D eigenvalue weighted by Gasteiger charge is -2.14. The molecule has 0 unspecified atom stereocenters. The number of carbonyl (C=O) groups is 1. The van der Waals surface area contributed by atoms with Gasteiger partial charge in [-0.3, -0.25) is 4.79 Å². The zero-order chi connectivity index (χ0) is 15.8. The highest BCUT2D eigenvalue weighted by Crippen LogP contribution is 2.21. The molecule has 1 N–H and O–H groups in total. The van der Waals surface area contributed by atoms with Gasteiger partial charge in [-0.15, -0.1) is 0 Å². The van der Waals surface area contributed by atoms with Crippen molar-refractivity contribution in [2.45, 2.75) is 40.2 Å². The number of carbonyl (C=O) groups excluding carboxylic acids is 1. The molecule has 1 aliphatic rings. The molecule has 6 heteroatoms. The van der Waals surface area contributed by atoms with Crippen molar-refractivity contribution in [1.29, 1.82) is 0 Å². The fourth-order valence-corrected chi connectivity index (χ4v) is 5.03. The molecule has 1 aromatic rings. The second-order valence-electron chi connectivity index (χ2n) is 6.23. The van der Waals surface area contributed by atoms with Crippen molar-refractivity contribution >= 4 is 15.7 Å². The van der Waals surface area contributed by atoms with E-state index in [1.807, 2.05) is 19.9 Å². The maximum absolute atomic E-state index is 12.3. The zero-order valence-electron chi connectivity index (χ0n) is 13.1. The molecular weight excluding hydrogens is 288 g/mol. The number of hydrogen-bond acceptors (Lipinski definition) is 3. The Morgan fingerprint density at radius 3 is 2.57 bits per heavy atom. The molecule has 0 spiro atoms. The number of aromatic nitrogens is 1. The Morgan fingerprint density at radius 2 is 2.10 bits per heavy atom. The van der Waals surface area contributed by atoms with Crippen LogP contribution in [0, 0.1) is 19.8 Å². The van der Waals surface area contributed by atoms with Crippen LogP contribution in [0.3, 0.4) is 0 Å². The van der Waals surface area contributed by atoms with Crippen LogP contribution < -0.4 is 5.32 Å². The van der Waals surface area contributed by atoms with Crippen molar-refractivity contribution in [1.82, 2.24) is 9.88 Å². The van der Waals surface area contributed by atoms with Crippen LogP contribution >= 0.6 is 0 Å². The van der Waals surface area contributed by atoms with Gasteiger partial charge in [-0.1, -0.05) is 0 Å². The SMILES string of the molecule is Cc1cc(C(=O)NC[C@@H]2CCS(=O)(=O)C2)c(C)n1C(C)C. The molecule has 0 bridgehead atoms. The maximum Gasteiger partial charge on any atom is 0.253 e. The highest BCUT2D eigenvalue weighted by Gasteiger charge is 2.28. The van der Waals surface area contributed by atoms with Gasteiger partial charge in [-0.05, 0) is 46.1 Å². The summed E-state index contributed by atoms with van der Waals surface area (Å²) in [7, 11) is -2.89. The van der Waals surface area contributed by atoms with E-state index < -0.39 is 9.84 Å². The minimum atomic E-state index is -2.89. The van der Waals surface area contributed by atoms with Crippen LogP contribution in [0.25, 0.3) is 0 Å². The number of aryl methyl sites for hydroxylation is 1. The number of sulfone groups is 1. The molecule has 2 heterocycles. The van der Waals surface area contributed by atoms with Crippen LogP contribution in [0.15, 0.2) is 6.07 Å². The Hall–Kier alpha value is -1.30. The molecule has 1 saturated heterocycles. The lowest BCUT2D eigenvalue weighted by Crippen LogP contribution is -2.30. The molecule has 1 aliphatic heterocycles. The Labute approximate surface area is 126 Å². The van der Waals surface area contributed by atoms with Crippen LogP contribution in [-0.2, 0) is 9.84 Å². The Balaban J connectivity index is 2.03. The van der Waals surface area contributed by atoms with E-state index in [1.165, 1.54) is 0 Å². The summed E-state index contributed by atoms with van der Waals surface area (Å²) in [5.41, 5.74) is 2.71. The maximum atomic E-state index is 12.3. The summed E-state index contributed by atoms with van der Waals surface area (Å²) in [5.74, 6) is 0.375. The third-order valence-electron chi connectivity index (χ3n) is 4.12. The largest absolute Gasteiger partial charge is 0.352 e. The van der Waals surface area contributed by atoms with E-state index in [1.54, 1.807) is 0 Å². The van der Waals surface area contributed by atoms with Crippen molar-refractivity contribution in [3.8, 4) is 0 Å². The van der Waals surface area contributed by atoms with Gasteiger partial charge in [0.2, 0.25) is 0 Å². The molecule has 21 heavy (non-hydrogen) atoms. The van der Waals surface area contributed by atoms with E-state index >= 15 is 0 Å². The quantitative estimate of drug-likeness (QED) is 0.922. The summed E-state index contributed by atoms with van der Waals surface area (Å²) in [5, 5.41) is 2.88. The number of nitrogens with zero attached hydrogens (tertiary/aromatic N) is 1. The van der Waals surface area contributed by atoms with Crippen molar-refractivity contribution in [3.05, 3.63) is 23.0 Å². The summed E-state index contributed by atoms with van der Waals surface area (Å²) in [6.07, 6.45) is 0.646. The van der Waals surface area contributed by atoms with Gasteiger partial charge in [0.15, 0.2) is 9.84 Å². The first-order valence-electron chi connectivity index (χ1n) is 7.38. The molecule has 1 atom stereocenters. The minimum Gasteiger partial charge on any atom is -0.352 e. The molecule has 5 nitrogen and oxygen atoms in total. The van der Waals surface area contributed by atoms with Crippen molar-refractivity contribution < 1.29 is 13.2 Å². The first-order chi connectivity index (χ1) is 9.71. The molecule has 1 fully saturated rings. The highest BCUT2D eigenvalue weighted by atomic mass is 32.2. The molecule has 0 saturated carbocycles. The second kappa shape index (κ2) is 5.83. The Bertz CT molecular complexity index is 644. The van der Waals surface area contributed by atoms with E-state index in [0.29, 0.717) is 24.6 Å². The van der Waals surface area contributed by atoms with Gasteiger partial charge < -0.3 is 9.88 Å². The topological polar surface area (TPSA) is 68.2 Å². The standard InChI is InChI=1S/C15H24N2O3S/c1-10(2)17-11(3)7-14(12(17)4)15(18)16-8-13-5-6-21(19,20)9-13/h7,10,13H,5-6,8-9H2,1-4H3,(H,16,18)/t13-/m0/s1. The molecule has 1 amide bonds. The molecule has 0 radical (unpaired) electrons. The normalized spacial score (nSPS) is 20.9. The second-order valence-corrected chi connectivity index (χ2v) is 8.46. The molecule has 1 aromatic heterocycles. The van der Waals surface area contributed by atoms with E-state index in [9.17, 15) is 13.2 Å². The predicted octanol–water partition coefficient (Wildman–Crippen LogP) is 1.85. The Morgan fingerprint density at radius 1 is 1.43 bits per heavy atom. The smallest absolute Gasteiger partial charge is 0.253 e. The molecule has 0 aliphatic carbocycles. The zero-order valence-corrected chi connectivity index (χ0v) is 14.0. The van der Waals surface area contributed by atoms with E-state index in [4.69, 9.17) is 0 Å². The fourth-order valence-electron chi connectivity index (χ4n) is 3.17. The van der Waals surface area contributed by atoms with Gasteiger partial charge in [0.25, 0.3) is 5.91 Å². The van der Waals surface area contributed by atoms with E-state index in [0.717, 1.165) is 11.4 Å². The van der Waals surface area contributed by atoms with Crippen molar-refractivity contribution in [2.24, 2.45) is 5.92 Å². The summed E-state index contributed by atoms with van der Waals surface area (Å²) < 4.78 is 25.0. The highest BCUT2D eigenvalue weighted by molar-refractivity contribution is 7.91. The average Bonchev–Trinajstić information content (AvgIpc) is 2.86.